The van der Waals surface area contributed by atoms with Crippen LogP contribution in [0.1, 0.15) is 5.56 Å². The van der Waals surface area contributed by atoms with Crippen molar-refractivity contribution in [1.82, 2.24) is 0 Å². The normalized spacial score (nSPS) is 11.6. The van der Waals surface area contributed by atoms with Gasteiger partial charge in [0.15, 0.2) is 0 Å². The Hall–Kier alpha value is 0.230. The van der Waals surface area contributed by atoms with Crippen LogP contribution in [0.2, 0.25) is 5.02 Å². The average molecular weight is 318 g/mol. The fourth-order valence-corrected chi connectivity index (χ4v) is 2.33. The molecule has 1 aromatic rings. The summed E-state index contributed by atoms with van der Waals surface area (Å²) < 4.78 is 22.2. The molecule has 78 valence electrons. The zero-order chi connectivity index (χ0) is 10.8. The molecule has 0 atom stereocenters. The van der Waals surface area contributed by atoms with Crippen LogP contribution in [0.3, 0.4) is 0 Å². The van der Waals surface area contributed by atoms with Crippen LogP contribution in [0.5, 0.6) is 0 Å². The molecule has 14 heavy (non-hydrogen) atoms. The summed E-state index contributed by atoms with van der Waals surface area (Å²) >= 11 is 9.11. The van der Waals surface area contributed by atoms with Gasteiger partial charge in [0.25, 0.3) is 0 Å². The third kappa shape index (κ3) is 3.77. The SMILES string of the molecule is O=S(=O)(Cl)CCc1cccc(Cl)c1Br. The first-order valence-corrected chi connectivity index (χ1v) is 7.40. The molecular weight excluding hydrogens is 311 g/mol. The lowest BCUT2D eigenvalue weighted by molar-refractivity contribution is 0.609. The van der Waals surface area contributed by atoms with Crippen molar-refractivity contribution in [2.45, 2.75) is 6.42 Å². The van der Waals surface area contributed by atoms with E-state index in [9.17, 15) is 8.42 Å². The summed E-state index contributed by atoms with van der Waals surface area (Å²) in [5, 5.41) is 0.564. The van der Waals surface area contributed by atoms with Crippen molar-refractivity contribution in [1.29, 1.82) is 0 Å². The molecule has 2 nitrogen and oxygen atoms in total. The molecule has 0 fully saturated rings. The summed E-state index contributed by atoms with van der Waals surface area (Å²) in [7, 11) is 1.66. The van der Waals surface area contributed by atoms with E-state index in [1.807, 2.05) is 0 Å². The highest BCUT2D eigenvalue weighted by molar-refractivity contribution is 9.10. The van der Waals surface area contributed by atoms with Gasteiger partial charge in [0, 0.05) is 15.2 Å². The summed E-state index contributed by atoms with van der Waals surface area (Å²) in [5.41, 5.74) is 0.835. The van der Waals surface area contributed by atoms with Gasteiger partial charge in [0.05, 0.1) is 10.8 Å². The number of hydrogen-bond donors (Lipinski definition) is 0. The van der Waals surface area contributed by atoms with Gasteiger partial charge in [-0.15, -0.1) is 0 Å². The van der Waals surface area contributed by atoms with E-state index in [2.05, 4.69) is 15.9 Å². The molecule has 0 aliphatic heterocycles. The van der Waals surface area contributed by atoms with E-state index >= 15 is 0 Å². The first kappa shape index (κ1) is 12.3. The summed E-state index contributed by atoms with van der Waals surface area (Å²) in [6.07, 6.45) is 0.354. The van der Waals surface area contributed by atoms with E-state index in [-0.39, 0.29) is 5.75 Å². The predicted molar refractivity (Wildman–Crippen MR) is 62.5 cm³/mol. The lowest BCUT2D eigenvalue weighted by Gasteiger charge is -2.03. The first-order chi connectivity index (χ1) is 6.40. The molecule has 0 aliphatic carbocycles. The second-order valence-corrected chi connectivity index (χ2v) is 6.80. The maximum Gasteiger partial charge on any atom is 0.232 e. The highest BCUT2D eigenvalue weighted by Gasteiger charge is 2.09. The number of aryl methyl sites for hydroxylation is 1. The number of rotatable bonds is 3. The topological polar surface area (TPSA) is 34.1 Å². The van der Waals surface area contributed by atoms with E-state index in [0.29, 0.717) is 11.4 Å². The van der Waals surface area contributed by atoms with Crippen LogP contribution in [0.4, 0.5) is 0 Å². The first-order valence-electron chi connectivity index (χ1n) is 3.75. The largest absolute Gasteiger partial charge is 0.232 e. The fourth-order valence-electron chi connectivity index (χ4n) is 0.973. The molecule has 1 aromatic carbocycles. The summed E-state index contributed by atoms with van der Waals surface area (Å²) in [4.78, 5) is 0. The Labute approximate surface area is 101 Å². The lowest BCUT2D eigenvalue weighted by atomic mass is 10.2. The molecule has 0 aliphatic rings. The molecule has 0 unspecified atom stereocenters. The average Bonchev–Trinajstić information content (AvgIpc) is 2.06. The highest BCUT2D eigenvalue weighted by Crippen LogP contribution is 2.26. The molecule has 0 heterocycles. The molecule has 0 radical (unpaired) electrons. The van der Waals surface area contributed by atoms with E-state index in [1.54, 1.807) is 18.2 Å². The van der Waals surface area contributed by atoms with Gasteiger partial charge in [-0.25, -0.2) is 8.42 Å². The maximum absolute atomic E-state index is 10.7. The molecule has 0 aromatic heterocycles. The number of hydrogen-bond acceptors (Lipinski definition) is 2. The zero-order valence-corrected chi connectivity index (χ0v) is 10.9. The summed E-state index contributed by atoms with van der Waals surface area (Å²) in [6.45, 7) is 0. The molecule has 1 rings (SSSR count). The standard InChI is InChI=1S/C8H7BrCl2O2S/c9-8-6(2-1-3-7(8)10)4-5-14(11,12)13/h1-3H,4-5H2. The Kier molecular flexibility index (Phi) is 4.25. The Morgan fingerprint density at radius 1 is 1.36 bits per heavy atom. The smallest absolute Gasteiger partial charge is 0.212 e. The van der Waals surface area contributed by atoms with E-state index in [0.717, 1.165) is 10.0 Å². The quantitative estimate of drug-likeness (QED) is 0.802. The van der Waals surface area contributed by atoms with Crippen LogP contribution < -0.4 is 0 Å². The maximum atomic E-state index is 10.7. The van der Waals surface area contributed by atoms with Gasteiger partial charge in [-0.3, -0.25) is 0 Å². The highest BCUT2D eigenvalue weighted by atomic mass is 79.9. The minimum atomic E-state index is -3.44. The van der Waals surface area contributed by atoms with Crippen LogP contribution in [-0.4, -0.2) is 14.2 Å². The molecule has 0 saturated heterocycles. The molecule has 0 bridgehead atoms. The third-order valence-corrected chi connectivity index (χ3v) is 4.28. The van der Waals surface area contributed by atoms with Crippen LogP contribution >= 0.6 is 38.2 Å². The van der Waals surface area contributed by atoms with Crippen molar-refractivity contribution >= 4 is 47.3 Å². The van der Waals surface area contributed by atoms with Gasteiger partial charge >= 0.3 is 0 Å². The van der Waals surface area contributed by atoms with Gasteiger partial charge in [0.1, 0.15) is 0 Å². The van der Waals surface area contributed by atoms with Crippen molar-refractivity contribution in [3.63, 3.8) is 0 Å². The fraction of sp³-hybridized carbons (Fsp3) is 0.250. The predicted octanol–water partition coefficient (Wildman–Crippen LogP) is 3.21. The van der Waals surface area contributed by atoms with Gasteiger partial charge in [-0.05, 0) is 34.0 Å². The lowest BCUT2D eigenvalue weighted by Crippen LogP contribution is -2.01. The molecule has 0 amide bonds. The minimum Gasteiger partial charge on any atom is -0.212 e. The van der Waals surface area contributed by atoms with E-state index in [1.165, 1.54) is 0 Å². The molecular formula is C8H7BrCl2O2S. The number of benzene rings is 1. The Morgan fingerprint density at radius 3 is 2.57 bits per heavy atom. The van der Waals surface area contributed by atoms with Crippen molar-refractivity contribution in [3.8, 4) is 0 Å². The van der Waals surface area contributed by atoms with E-state index in [4.69, 9.17) is 22.3 Å². The molecule has 0 N–H and O–H groups in total. The third-order valence-electron chi connectivity index (χ3n) is 1.65. The van der Waals surface area contributed by atoms with Crippen molar-refractivity contribution in [2.75, 3.05) is 5.75 Å². The van der Waals surface area contributed by atoms with Crippen molar-refractivity contribution < 1.29 is 8.42 Å². The molecule has 6 heteroatoms. The Balaban J connectivity index is 2.83. The zero-order valence-electron chi connectivity index (χ0n) is 7.00. The second kappa shape index (κ2) is 4.84. The van der Waals surface area contributed by atoms with Gasteiger partial charge in [0.2, 0.25) is 9.05 Å². The van der Waals surface area contributed by atoms with Crippen LogP contribution in [0.15, 0.2) is 22.7 Å². The molecule has 0 spiro atoms. The van der Waals surface area contributed by atoms with Crippen molar-refractivity contribution in [3.05, 3.63) is 33.3 Å². The van der Waals surface area contributed by atoms with Crippen LogP contribution in [-0.2, 0) is 15.5 Å². The Morgan fingerprint density at radius 2 is 2.00 bits per heavy atom. The minimum absolute atomic E-state index is 0.0898. The van der Waals surface area contributed by atoms with Crippen molar-refractivity contribution in [2.24, 2.45) is 0 Å². The van der Waals surface area contributed by atoms with Crippen LogP contribution in [0, 0.1) is 0 Å². The van der Waals surface area contributed by atoms with Gasteiger partial charge in [-0.2, -0.15) is 0 Å². The van der Waals surface area contributed by atoms with Crippen LogP contribution in [0.25, 0.3) is 0 Å². The monoisotopic (exact) mass is 316 g/mol. The Bertz CT molecular complexity index is 431. The second-order valence-electron chi connectivity index (χ2n) is 2.71. The molecule has 0 saturated carbocycles. The summed E-state index contributed by atoms with van der Waals surface area (Å²) in [5.74, 6) is -0.0898. The number of halogens is 3. The summed E-state index contributed by atoms with van der Waals surface area (Å²) in [6, 6.07) is 5.30. The van der Waals surface area contributed by atoms with Gasteiger partial charge < -0.3 is 0 Å². The van der Waals surface area contributed by atoms with Gasteiger partial charge in [-0.1, -0.05) is 23.7 Å². The van der Waals surface area contributed by atoms with E-state index < -0.39 is 9.05 Å².